The number of ether oxygens (including phenoxy) is 1. The summed E-state index contributed by atoms with van der Waals surface area (Å²) in [5.41, 5.74) is 5.93. The molecule has 1 aromatic carbocycles. The zero-order chi connectivity index (χ0) is 12.3. The van der Waals surface area contributed by atoms with E-state index in [0.717, 1.165) is 6.07 Å². The van der Waals surface area contributed by atoms with Crippen molar-refractivity contribution in [1.29, 1.82) is 5.26 Å². The van der Waals surface area contributed by atoms with Crippen molar-refractivity contribution in [2.75, 3.05) is 5.73 Å². The molecule has 1 aromatic heterocycles. The highest BCUT2D eigenvalue weighted by molar-refractivity contribution is 5.43. The zero-order valence-corrected chi connectivity index (χ0v) is 8.72. The van der Waals surface area contributed by atoms with Gasteiger partial charge in [0.1, 0.15) is 11.8 Å². The molecule has 2 rings (SSSR count). The normalized spacial score (nSPS) is 9.65. The molecule has 0 bridgehead atoms. The summed E-state index contributed by atoms with van der Waals surface area (Å²) in [6.45, 7) is 0. The van der Waals surface area contributed by atoms with Gasteiger partial charge in [-0.25, -0.2) is 9.37 Å². The van der Waals surface area contributed by atoms with Gasteiger partial charge in [0.05, 0.1) is 0 Å². The van der Waals surface area contributed by atoms with Crippen LogP contribution in [0.1, 0.15) is 5.69 Å². The number of benzene rings is 1. The number of nitrogens with two attached hydrogens (primary N) is 1. The third-order valence-electron chi connectivity index (χ3n) is 2.01. The molecule has 0 atom stereocenters. The van der Waals surface area contributed by atoms with Gasteiger partial charge in [-0.2, -0.15) is 5.26 Å². The molecule has 1 heterocycles. The largest absolute Gasteiger partial charge is 0.436 e. The fourth-order valence-electron chi connectivity index (χ4n) is 1.25. The Morgan fingerprint density at radius 1 is 1.29 bits per heavy atom. The van der Waals surface area contributed by atoms with Gasteiger partial charge >= 0.3 is 0 Å². The molecule has 0 aliphatic rings. The first-order valence-electron chi connectivity index (χ1n) is 4.79. The second kappa shape index (κ2) is 4.49. The van der Waals surface area contributed by atoms with Gasteiger partial charge in [0.25, 0.3) is 0 Å². The molecule has 17 heavy (non-hydrogen) atoms. The third-order valence-corrected chi connectivity index (χ3v) is 2.01. The number of anilines is 1. The average Bonchev–Trinajstić information content (AvgIpc) is 2.33. The van der Waals surface area contributed by atoms with Gasteiger partial charge in [0.15, 0.2) is 11.6 Å². The van der Waals surface area contributed by atoms with Crippen LogP contribution >= 0.6 is 0 Å². The van der Waals surface area contributed by atoms with Crippen molar-refractivity contribution in [2.45, 2.75) is 0 Å². The van der Waals surface area contributed by atoms with Crippen LogP contribution in [0.5, 0.6) is 11.6 Å². The van der Waals surface area contributed by atoms with Crippen LogP contribution in [-0.2, 0) is 0 Å². The molecule has 0 radical (unpaired) electrons. The van der Waals surface area contributed by atoms with Crippen molar-refractivity contribution in [3.63, 3.8) is 0 Å². The quantitative estimate of drug-likeness (QED) is 0.803. The fourth-order valence-corrected chi connectivity index (χ4v) is 1.25. The highest BCUT2D eigenvalue weighted by Gasteiger charge is 2.06. The first kappa shape index (κ1) is 10.9. The van der Waals surface area contributed by atoms with Gasteiger partial charge in [-0.05, 0) is 18.2 Å². The molecule has 4 nitrogen and oxygen atoms in total. The van der Waals surface area contributed by atoms with E-state index < -0.39 is 5.82 Å². The number of hydrogen-bond acceptors (Lipinski definition) is 4. The van der Waals surface area contributed by atoms with Crippen molar-refractivity contribution in [3.8, 4) is 17.7 Å². The van der Waals surface area contributed by atoms with Gasteiger partial charge in [-0.15, -0.1) is 0 Å². The number of hydrogen-bond donors (Lipinski definition) is 1. The Morgan fingerprint density at radius 3 is 2.82 bits per heavy atom. The fraction of sp³-hybridized carbons (Fsp3) is 0. The predicted octanol–water partition coefficient (Wildman–Crippen LogP) is 2.47. The molecule has 2 aromatic rings. The Hall–Kier alpha value is -2.61. The van der Waals surface area contributed by atoms with Crippen molar-refractivity contribution < 1.29 is 9.13 Å². The zero-order valence-electron chi connectivity index (χ0n) is 8.72. The van der Waals surface area contributed by atoms with Crippen LogP contribution in [0, 0.1) is 17.1 Å². The smallest absolute Gasteiger partial charge is 0.220 e. The van der Waals surface area contributed by atoms with Crippen molar-refractivity contribution in [1.82, 2.24) is 4.98 Å². The van der Waals surface area contributed by atoms with Crippen LogP contribution in [0.2, 0.25) is 0 Å². The van der Waals surface area contributed by atoms with Crippen LogP contribution in [-0.4, -0.2) is 4.98 Å². The SMILES string of the molecule is N#Cc1cccc(Oc2ccc(N)cc2F)n1. The van der Waals surface area contributed by atoms with E-state index >= 15 is 0 Å². The molecule has 2 N–H and O–H groups in total. The molecule has 0 unspecified atom stereocenters. The molecular formula is C12H8FN3O. The lowest BCUT2D eigenvalue weighted by molar-refractivity contribution is 0.427. The van der Waals surface area contributed by atoms with Gasteiger partial charge in [0.2, 0.25) is 5.88 Å². The summed E-state index contributed by atoms with van der Waals surface area (Å²) in [6, 6.07) is 10.6. The van der Waals surface area contributed by atoms with E-state index in [4.69, 9.17) is 15.7 Å². The van der Waals surface area contributed by atoms with Crippen LogP contribution in [0.3, 0.4) is 0 Å². The first-order chi connectivity index (χ1) is 8.19. The first-order valence-corrected chi connectivity index (χ1v) is 4.79. The van der Waals surface area contributed by atoms with Crippen molar-refractivity contribution in [3.05, 3.63) is 47.9 Å². The molecule has 84 valence electrons. The minimum atomic E-state index is -0.575. The maximum absolute atomic E-state index is 13.4. The van der Waals surface area contributed by atoms with E-state index in [1.54, 1.807) is 6.07 Å². The Bertz CT molecular complexity index is 593. The summed E-state index contributed by atoms with van der Waals surface area (Å²) in [6.07, 6.45) is 0. The number of rotatable bonds is 2. The minimum Gasteiger partial charge on any atom is -0.436 e. The molecule has 0 amide bonds. The van der Waals surface area contributed by atoms with Crippen LogP contribution in [0.4, 0.5) is 10.1 Å². The lowest BCUT2D eigenvalue weighted by Crippen LogP contribution is -1.94. The molecule has 0 aliphatic heterocycles. The lowest BCUT2D eigenvalue weighted by atomic mass is 10.3. The van der Waals surface area contributed by atoms with Crippen molar-refractivity contribution in [2.24, 2.45) is 0 Å². The second-order valence-electron chi connectivity index (χ2n) is 3.26. The van der Waals surface area contributed by atoms with Crippen molar-refractivity contribution >= 4 is 5.69 Å². The number of halogens is 1. The maximum Gasteiger partial charge on any atom is 0.220 e. The second-order valence-corrected chi connectivity index (χ2v) is 3.26. The summed E-state index contributed by atoms with van der Waals surface area (Å²) in [5, 5.41) is 8.66. The Kier molecular flexibility index (Phi) is 2.88. The van der Waals surface area contributed by atoms with E-state index in [-0.39, 0.29) is 17.3 Å². The van der Waals surface area contributed by atoms with Gasteiger partial charge in [-0.3, -0.25) is 0 Å². The van der Waals surface area contributed by atoms with E-state index in [0.29, 0.717) is 5.69 Å². The third kappa shape index (κ3) is 2.49. The summed E-state index contributed by atoms with van der Waals surface area (Å²) in [7, 11) is 0. The summed E-state index contributed by atoms with van der Waals surface area (Å²) >= 11 is 0. The van der Waals surface area contributed by atoms with Gasteiger partial charge in [-0.1, -0.05) is 6.07 Å². The van der Waals surface area contributed by atoms with Crippen LogP contribution in [0.15, 0.2) is 36.4 Å². The average molecular weight is 229 g/mol. The maximum atomic E-state index is 13.4. The van der Waals surface area contributed by atoms with E-state index in [1.165, 1.54) is 24.3 Å². The van der Waals surface area contributed by atoms with E-state index in [9.17, 15) is 4.39 Å². The Balaban J connectivity index is 2.28. The molecule has 0 aliphatic carbocycles. The number of pyridine rings is 1. The van der Waals surface area contributed by atoms with Gasteiger partial charge < -0.3 is 10.5 Å². The molecule has 0 saturated heterocycles. The molecular weight excluding hydrogens is 221 g/mol. The molecule has 0 fully saturated rings. The van der Waals surface area contributed by atoms with Gasteiger partial charge in [0, 0.05) is 17.8 Å². The topological polar surface area (TPSA) is 71.9 Å². The van der Waals surface area contributed by atoms with E-state index in [2.05, 4.69) is 4.98 Å². The number of aromatic nitrogens is 1. The number of nitrogens with zero attached hydrogens (tertiary/aromatic N) is 2. The standard InChI is InChI=1S/C12H8FN3O/c13-10-6-8(15)4-5-11(10)17-12-3-1-2-9(7-14)16-12/h1-6H,15H2. The Labute approximate surface area is 97.1 Å². The highest BCUT2D eigenvalue weighted by Crippen LogP contribution is 2.24. The summed E-state index contributed by atoms with van der Waals surface area (Å²) < 4.78 is 18.6. The molecule has 0 spiro atoms. The minimum absolute atomic E-state index is 0.0155. The predicted molar refractivity (Wildman–Crippen MR) is 59.8 cm³/mol. The summed E-state index contributed by atoms with van der Waals surface area (Å²) in [5.74, 6) is -0.399. The number of nitrogen functional groups attached to an aromatic ring is 1. The molecule has 0 saturated carbocycles. The number of nitriles is 1. The van der Waals surface area contributed by atoms with Crippen LogP contribution < -0.4 is 10.5 Å². The summed E-state index contributed by atoms with van der Waals surface area (Å²) in [4.78, 5) is 3.87. The Morgan fingerprint density at radius 2 is 2.12 bits per heavy atom. The van der Waals surface area contributed by atoms with E-state index in [1.807, 2.05) is 6.07 Å². The monoisotopic (exact) mass is 229 g/mol. The van der Waals surface area contributed by atoms with Crippen LogP contribution in [0.25, 0.3) is 0 Å². The highest BCUT2D eigenvalue weighted by atomic mass is 19.1. The molecule has 5 heteroatoms. The lowest BCUT2D eigenvalue weighted by Gasteiger charge is -2.06.